The molecule has 1 aromatic rings. The van der Waals surface area contributed by atoms with Gasteiger partial charge in [-0.2, -0.15) is 4.31 Å². The topological polar surface area (TPSA) is 98.2 Å². The van der Waals surface area contributed by atoms with E-state index in [-0.39, 0.29) is 6.61 Å². The van der Waals surface area contributed by atoms with Gasteiger partial charge in [-0.25, -0.2) is 13.2 Å². The van der Waals surface area contributed by atoms with E-state index in [1.54, 1.807) is 0 Å². The average Bonchev–Trinajstić information content (AvgIpc) is 2.72. The van der Waals surface area contributed by atoms with E-state index in [0.717, 1.165) is 50.5 Å². The SMILES string of the molecule is CS(=O)(=O)N1CCc2cc(C(CCO)CCCC3CCN(C(=O)O)CC3)ccc2C1. The molecule has 0 radical (unpaired) electrons. The van der Waals surface area contributed by atoms with Gasteiger partial charge in [0.2, 0.25) is 10.0 Å². The van der Waals surface area contributed by atoms with Gasteiger partial charge in [-0.1, -0.05) is 31.0 Å². The summed E-state index contributed by atoms with van der Waals surface area (Å²) in [5.74, 6) is 0.883. The highest BCUT2D eigenvalue weighted by atomic mass is 32.2. The molecule has 2 aliphatic rings. The number of hydrogen-bond donors (Lipinski definition) is 2. The second-order valence-corrected chi connectivity index (χ2v) is 10.7. The maximum absolute atomic E-state index is 11.8. The van der Waals surface area contributed by atoms with Gasteiger partial charge in [0.25, 0.3) is 0 Å². The monoisotopic (exact) mass is 438 g/mol. The fourth-order valence-corrected chi connectivity index (χ4v) is 5.58. The first kappa shape index (κ1) is 23.0. The highest BCUT2D eigenvalue weighted by molar-refractivity contribution is 7.88. The summed E-state index contributed by atoms with van der Waals surface area (Å²) in [6, 6.07) is 6.35. The lowest BCUT2D eigenvalue weighted by Gasteiger charge is -2.30. The van der Waals surface area contributed by atoms with Crippen molar-refractivity contribution in [1.29, 1.82) is 0 Å². The average molecular weight is 439 g/mol. The summed E-state index contributed by atoms with van der Waals surface area (Å²) in [6.07, 6.45) is 6.95. The van der Waals surface area contributed by atoms with E-state index in [4.69, 9.17) is 5.11 Å². The molecule has 0 saturated carbocycles. The van der Waals surface area contributed by atoms with Crippen LogP contribution in [0.4, 0.5) is 4.79 Å². The molecule has 0 aliphatic carbocycles. The molecule has 3 rings (SSSR count). The Morgan fingerprint density at radius 1 is 1.17 bits per heavy atom. The summed E-state index contributed by atoms with van der Waals surface area (Å²) in [7, 11) is -3.17. The molecule has 0 bridgehead atoms. The van der Waals surface area contributed by atoms with Crippen LogP contribution in [0.25, 0.3) is 0 Å². The smallest absolute Gasteiger partial charge is 0.407 e. The van der Waals surface area contributed by atoms with Crippen molar-refractivity contribution in [2.24, 2.45) is 5.92 Å². The number of carboxylic acid groups (broad SMARTS) is 1. The minimum Gasteiger partial charge on any atom is -0.465 e. The fraction of sp³-hybridized carbons (Fsp3) is 0.682. The summed E-state index contributed by atoms with van der Waals surface area (Å²) in [5, 5.41) is 18.6. The van der Waals surface area contributed by atoms with Crippen molar-refractivity contribution in [3.8, 4) is 0 Å². The highest BCUT2D eigenvalue weighted by Crippen LogP contribution is 2.31. The van der Waals surface area contributed by atoms with Gasteiger partial charge in [-0.15, -0.1) is 0 Å². The van der Waals surface area contributed by atoms with Crippen molar-refractivity contribution >= 4 is 16.1 Å². The molecule has 1 saturated heterocycles. The van der Waals surface area contributed by atoms with E-state index < -0.39 is 16.1 Å². The van der Waals surface area contributed by atoms with Crippen molar-refractivity contribution in [2.45, 2.75) is 57.4 Å². The molecule has 2 aliphatic heterocycles. The Bertz CT molecular complexity index is 834. The largest absolute Gasteiger partial charge is 0.465 e. The van der Waals surface area contributed by atoms with Crippen LogP contribution in [0.5, 0.6) is 0 Å². The van der Waals surface area contributed by atoms with E-state index in [1.807, 2.05) is 6.07 Å². The number of piperidine rings is 1. The molecule has 2 N–H and O–H groups in total. The third kappa shape index (κ3) is 5.95. The minimum absolute atomic E-state index is 0.153. The molecule has 1 unspecified atom stereocenters. The second kappa shape index (κ2) is 10.1. The molecule has 30 heavy (non-hydrogen) atoms. The van der Waals surface area contributed by atoms with Gasteiger partial charge in [0.1, 0.15) is 0 Å². The lowest BCUT2D eigenvalue weighted by Crippen LogP contribution is -2.37. The maximum atomic E-state index is 11.8. The first-order valence-corrected chi connectivity index (χ1v) is 12.8. The van der Waals surface area contributed by atoms with Crippen LogP contribution in [-0.4, -0.2) is 66.4 Å². The van der Waals surface area contributed by atoms with E-state index in [0.29, 0.717) is 38.0 Å². The molecule has 7 nitrogen and oxygen atoms in total. The Balaban J connectivity index is 1.56. The van der Waals surface area contributed by atoms with Crippen LogP contribution in [0.15, 0.2) is 18.2 Å². The number of benzene rings is 1. The maximum Gasteiger partial charge on any atom is 0.407 e. The molecule has 8 heteroatoms. The number of amides is 1. The Hall–Kier alpha value is -1.64. The van der Waals surface area contributed by atoms with E-state index in [1.165, 1.54) is 26.6 Å². The van der Waals surface area contributed by atoms with Gasteiger partial charge >= 0.3 is 6.09 Å². The van der Waals surface area contributed by atoms with Crippen LogP contribution >= 0.6 is 0 Å². The van der Waals surface area contributed by atoms with Gasteiger partial charge in [-0.05, 0) is 60.6 Å². The third-order valence-electron chi connectivity index (χ3n) is 6.68. The minimum atomic E-state index is -3.17. The van der Waals surface area contributed by atoms with Crippen molar-refractivity contribution in [3.63, 3.8) is 0 Å². The molecule has 2 heterocycles. The Morgan fingerprint density at radius 2 is 1.90 bits per heavy atom. The summed E-state index contributed by atoms with van der Waals surface area (Å²) in [4.78, 5) is 12.5. The van der Waals surface area contributed by atoms with Crippen LogP contribution in [-0.2, 0) is 23.0 Å². The van der Waals surface area contributed by atoms with Gasteiger partial charge < -0.3 is 15.1 Å². The number of aliphatic hydroxyl groups excluding tert-OH is 1. The molecule has 0 aromatic heterocycles. The second-order valence-electron chi connectivity index (χ2n) is 8.73. The number of likely N-dealkylation sites (tertiary alicyclic amines) is 1. The molecular formula is C22H34N2O5S. The number of carbonyl (C=O) groups is 1. The first-order valence-electron chi connectivity index (χ1n) is 10.9. The van der Waals surface area contributed by atoms with Crippen molar-refractivity contribution in [3.05, 3.63) is 34.9 Å². The Kier molecular flexibility index (Phi) is 7.76. The normalized spacial score (nSPS) is 19.5. The zero-order valence-electron chi connectivity index (χ0n) is 17.8. The molecule has 168 valence electrons. The van der Waals surface area contributed by atoms with Gasteiger partial charge in [0, 0.05) is 32.8 Å². The molecule has 0 spiro atoms. The van der Waals surface area contributed by atoms with E-state index in [2.05, 4.69) is 12.1 Å². The summed E-state index contributed by atoms with van der Waals surface area (Å²) < 4.78 is 25.2. The predicted octanol–water partition coefficient (Wildman–Crippen LogP) is 3.03. The summed E-state index contributed by atoms with van der Waals surface area (Å²) in [6.45, 7) is 2.38. The van der Waals surface area contributed by atoms with Crippen LogP contribution < -0.4 is 0 Å². The van der Waals surface area contributed by atoms with Crippen molar-refractivity contribution in [2.75, 3.05) is 32.5 Å². The Morgan fingerprint density at radius 3 is 2.53 bits per heavy atom. The number of nitrogens with zero attached hydrogens (tertiary/aromatic N) is 2. The quantitative estimate of drug-likeness (QED) is 0.650. The Labute approximate surface area is 179 Å². The fourth-order valence-electron chi connectivity index (χ4n) is 4.78. The lowest BCUT2D eigenvalue weighted by atomic mass is 9.85. The van der Waals surface area contributed by atoms with Crippen LogP contribution in [0, 0.1) is 5.92 Å². The van der Waals surface area contributed by atoms with Gasteiger partial charge in [0.15, 0.2) is 0 Å². The summed E-state index contributed by atoms with van der Waals surface area (Å²) in [5.41, 5.74) is 3.52. The zero-order chi connectivity index (χ0) is 21.7. The number of aliphatic hydroxyl groups is 1. The predicted molar refractivity (Wildman–Crippen MR) is 116 cm³/mol. The van der Waals surface area contributed by atoms with Crippen LogP contribution in [0.2, 0.25) is 0 Å². The van der Waals surface area contributed by atoms with E-state index in [9.17, 15) is 18.3 Å². The number of rotatable bonds is 8. The van der Waals surface area contributed by atoms with E-state index >= 15 is 0 Å². The zero-order valence-corrected chi connectivity index (χ0v) is 18.6. The standard InChI is InChI=1S/C22H34N2O5S/c1-30(28,29)24-13-9-20-15-19(5-6-21(20)16-24)18(10-14-25)4-2-3-17-7-11-23(12-8-17)22(26)27/h5-6,15,17-18,25H,2-4,7-14,16H2,1H3,(H,26,27). The van der Waals surface area contributed by atoms with Crippen LogP contribution in [0.1, 0.15) is 61.1 Å². The molecule has 1 amide bonds. The molecule has 1 atom stereocenters. The highest BCUT2D eigenvalue weighted by Gasteiger charge is 2.25. The number of fused-ring (bicyclic) bond motifs is 1. The first-order chi connectivity index (χ1) is 14.3. The van der Waals surface area contributed by atoms with Gasteiger partial charge in [-0.3, -0.25) is 0 Å². The number of hydrogen-bond acceptors (Lipinski definition) is 4. The summed E-state index contributed by atoms with van der Waals surface area (Å²) >= 11 is 0. The van der Waals surface area contributed by atoms with Gasteiger partial charge in [0.05, 0.1) is 6.26 Å². The van der Waals surface area contributed by atoms with Crippen molar-refractivity contribution < 1.29 is 23.4 Å². The lowest BCUT2D eigenvalue weighted by molar-refractivity contribution is 0.122. The molecular weight excluding hydrogens is 404 g/mol. The third-order valence-corrected chi connectivity index (χ3v) is 7.93. The number of sulfonamides is 1. The van der Waals surface area contributed by atoms with Crippen LogP contribution in [0.3, 0.4) is 0 Å². The van der Waals surface area contributed by atoms with Crippen molar-refractivity contribution in [1.82, 2.24) is 9.21 Å². The molecule has 1 aromatic carbocycles. The molecule has 1 fully saturated rings.